The molecule has 2 aliphatic rings. The standard InChI is InChI=1S/C31H40N6O2/c1-5-21-15-25(17-33-29(21)32)34-30(38)31(39)37-18-19(2)6-9-27(37)24-8-7-23-14-20(3)28(35-26(23)16-24)22-10-12-36(4)13-11-22/h7-8,14-17,19,22,27H,5-6,9-13,18H2,1-4H3,(H2,32,33)(H,34,38)/t19-,27?/m0/s1. The molecule has 3 N–H and O–H groups in total. The minimum absolute atomic E-state index is 0.172. The maximum atomic E-state index is 13.5. The number of likely N-dealkylation sites (tertiary alicyclic amines) is 2. The van der Waals surface area contributed by atoms with E-state index in [0.29, 0.717) is 36.3 Å². The summed E-state index contributed by atoms with van der Waals surface area (Å²) < 4.78 is 0. The van der Waals surface area contributed by atoms with E-state index < -0.39 is 11.8 Å². The highest BCUT2D eigenvalue weighted by Crippen LogP contribution is 2.36. The largest absolute Gasteiger partial charge is 0.383 e. The predicted molar refractivity (Wildman–Crippen MR) is 155 cm³/mol. The number of nitrogens with zero attached hydrogens (tertiary/aromatic N) is 4. The van der Waals surface area contributed by atoms with Gasteiger partial charge in [0.15, 0.2) is 0 Å². The summed E-state index contributed by atoms with van der Waals surface area (Å²) in [5.41, 5.74) is 11.7. The Morgan fingerprint density at radius 2 is 1.87 bits per heavy atom. The zero-order valence-electron chi connectivity index (χ0n) is 23.5. The Morgan fingerprint density at radius 1 is 1.10 bits per heavy atom. The van der Waals surface area contributed by atoms with E-state index in [0.717, 1.165) is 60.8 Å². The van der Waals surface area contributed by atoms with Gasteiger partial charge in [-0.15, -0.1) is 0 Å². The number of nitrogen functional groups attached to an aromatic ring is 1. The van der Waals surface area contributed by atoms with Crippen LogP contribution in [-0.4, -0.2) is 58.3 Å². The number of pyridine rings is 2. The fraction of sp³-hybridized carbons (Fsp3) is 0.484. The first-order chi connectivity index (χ1) is 18.7. The summed E-state index contributed by atoms with van der Waals surface area (Å²) in [6.07, 6.45) is 6.24. The molecule has 39 heavy (non-hydrogen) atoms. The first kappa shape index (κ1) is 27.1. The highest BCUT2D eigenvalue weighted by atomic mass is 16.2. The van der Waals surface area contributed by atoms with Crippen LogP contribution in [0.25, 0.3) is 10.9 Å². The molecule has 2 fully saturated rings. The van der Waals surface area contributed by atoms with Gasteiger partial charge in [-0.1, -0.05) is 26.0 Å². The SMILES string of the molecule is CCc1cc(NC(=O)C(=O)N2C[C@@H](C)CCC2c2ccc3cc(C)c(C4CCN(C)CC4)nc3c2)cnc1N. The molecule has 4 heterocycles. The Balaban J connectivity index is 1.40. The quantitative estimate of drug-likeness (QED) is 0.470. The summed E-state index contributed by atoms with van der Waals surface area (Å²) in [4.78, 5) is 40.0. The van der Waals surface area contributed by atoms with Crippen molar-refractivity contribution in [2.24, 2.45) is 5.92 Å². The van der Waals surface area contributed by atoms with Crippen LogP contribution in [0.4, 0.5) is 11.5 Å². The molecule has 8 nitrogen and oxygen atoms in total. The maximum absolute atomic E-state index is 13.5. The van der Waals surface area contributed by atoms with Crippen molar-refractivity contribution in [3.8, 4) is 0 Å². The van der Waals surface area contributed by atoms with Crippen LogP contribution < -0.4 is 11.1 Å². The van der Waals surface area contributed by atoms with Crippen molar-refractivity contribution >= 4 is 34.2 Å². The second kappa shape index (κ2) is 11.3. The number of nitrogens with two attached hydrogens (primary N) is 1. The van der Waals surface area contributed by atoms with E-state index in [1.54, 1.807) is 11.0 Å². The average molecular weight is 529 g/mol. The van der Waals surface area contributed by atoms with E-state index in [-0.39, 0.29) is 6.04 Å². The van der Waals surface area contributed by atoms with Gasteiger partial charge >= 0.3 is 11.8 Å². The van der Waals surface area contributed by atoms with Gasteiger partial charge in [-0.25, -0.2) is 4.98 Å². The third kappa shape index (κ3) is 5.76. The van der Waals surface area contributed by atoms with Crippen LogP contribution in [0.5, 0.6) is 0 Å². The molecule has 8 heteroatoms. The summed E-state index contributed by atoms with van der Waals surface area (Å²) in [7, 11) is 2.18. The molecule has 0 aliphatic carbocycles. The third-order valence-corrected chi connectivity index (χ3v) is 8.47. The van der Waals surface area contributed by atoms with E-state index in [4.69, 9.17) is 10.7 Å². The molecule has 1 unspecified atom stereocenters. The number of nitrogens with one attached hydrogen (secondary N) is 1. The summed E-state index contributed by atoms with van der Waals surface area (Å²) in [6, 6.07) is 10.2. The van der Waals surface area contributed by atoms with E-state index in [2.05, 4.69) is 60.4 Å². The number of anilines is 2. The zero-order valence-corrected chi connectivity index (χ0v) is 23.5. The Hall–Kier alpha value is -3.52. The monoisotopic (exact) mass is 528 g/mol. The lowest BCUT2D eigenvalue weighted by Gasteiger charge is -2.38. The lowest BCUT2D eigenvalue weighted by molar-refractivity contribution is -0.146. The number of aryl methyl sites for hydroxylation is 2. The van der Waals surface area contributed by atoms with E-state index >= 15 is 0 Å². The van der Waals surface area contributed by atoms with Crippen LogP contribution in [0.2, 0.25) is 0 Å². The number of rotatable bonds is 4. The lowest BCUT2D eigenvalue weighted by Crippen LogP contribution is -2.46. The van der Waals surface area contributed by atoms with Crippen molar-refractivity contribution in [3.63, 3.8) is 0 Å². The second-order valence-electron chi connectivity index (χ2n) is 11.5. The van der Waals surface area contributed by atoms with Gasteiger partial charge in [-0.05, 0) is 100.0 Å². The van der Waals surface area contributed by atoms with Gasteiger partial charge in [0.2, 0.25) is 0 Å². The maximum Gasteiger partial charge on any atom is 0.313 e. The molecule has 0 bridgehead atoms. The van der Waals surface area contributed by atoms with Crippen molar-refractivity contribution in [1.82, 2.24) is 19.8 Å². The summed E-state index contributed by atoms with van der Waals surface area (Å²) in [5, 5.41) is 3.85. The van der Waals surface area contributed by atoms with Crippen LogP contribution in [0.15, 0.2) is 36.5 Å². The minimum atomic E-state index is -0.651. The Kier molecular flexibility index (Phi) is 7.84. The summed E-state index contributed by atoms with van der Waals surface area (Å²) in [6.45, 7) is 8.99. The van der Waals surface area contributed by atoms with Gasteiger partial charge in [0.1, 0.15) is 5.82 Å². The molecule has 2 saturated heterocycles. The van der Waals surface area contributed by atoms with Crippen molar-refractivity contribution in [2.45, 2.75) is 64.8 Å². The summed E-state index contributed by atoms with van der Waals surface area (Å²) in [5.74, 6) is 0.0563. The van der Waals surface area contributed by atoms with Crippen molar-refractivity contribution < 1.29 is 9.59 Å². The van der Waals surface area contributed by atoms with E-state index in [1.807, 2.05) is 6.92 Å². The normalized spacial score (nSPS) is 20.8. The van der Waals surface area contributed by atoms with Gasteiger partial charge in [-0.2, -0.15) is 0 Å². The van der Waals surface area contributed by atoms with Crippen molar-refractivity contribution in [3.05, 3.63) is 58.9 Å². The van der Waals surface area contributed by atoms with Crippen LogP contribution in [0.3, 0.4) is 0 Å². The molecule has 2 atom stereocenters. The number of benzene rings is 1. The molecule has 206 valence electrons. The smallest absolute Gasteiger partial charge is 0.313 e. The van der Waals surface area contributed by atoms with Gasteiger partial charge in [0.05, 0.1) is 23.4 Å². The van der Waals surface area contributed by atoms with Crippen LogP contribution in [0.1, 0.15) is 73.9 Å². The molecule has 2 amide bonds. The number of hydrogen-bond acceptors (Lipinski definition) is 6. The van der Waals surface area contributed by atoms with Gasteiger partial charge in [0.25, 0.3) is 0 Å². The van der Waals surface area contributed by atoms with E-state index in [1.165, 1.54) is 17.5 Å². The predicted octanol–water partition coefficient (Wildman–Crippen LogP) is 4.83. The Bertz CT molecular complexity index is 1380. The molecule has 0 spiro atoms. The minimum Gasteiger partial charge on any atom is -0.383 e. The van der Waals surface area contributed by atoms with Gasteiger partial charge in [-0.3, -0.25) is 14.6 Å². The average Bonchev–Trinajstić information content (AvgIpc) is 2.93. The number of carbonyl (C=O) groups excluding carboxylic acids is 2. The molecule has 3 aromatic rings. The lowest BCUT2D eigenvalue weighted by atomic mass is 9.88. The number of piperidine rings is 2. The van der Waals surface area contributed by atoms with Gasteiger partial charge in [0, 0.05) is 23.5 Å². The first-order valence-electron chi connectivity index (χ1n) is 14.2. The Labute approximate surface area is 231 Å². The second-order valence-corrected chi connectivity index (χ2v) is 11.5. The van der Waals surface area contributed by atoms with Crippen molar-refractivity contribution in [2.75, 3.05) is 37.7 Å². The third-order valence-electron chi connectivity index (χ3n) is 8.47. The molecule has 2 aromatic heterocycles. The topological polar surface area (TPSA) is 104 Å². The fourth-order valence-corrected chi connectivity index (χ4v) is 6.12. The Morgan fingerprint density at radius 3 is 2.62 bits per heavy atom. The highest BCUT2D eigenvalue weighted by molar-refractivity contribution is 6.39. The summed E-state index contributed by atoms with van der Waals surface area (Å²) >= 11 is 0. The number of fused-ring (bicyclic) bond motifs is 1. The van der Waals surface area contributed by atoms with Crippen LogP contribution in [-0.2, 0) is 16.0 Å². The molecule has 0 saturated carbocycles. The molecule has 5 rings (SSSR count). The molecule has 1 aromatic carbocycles. The molecular weight excluding hydrogens is 488 g/mol. The van der Waals surface area contributed by atoms with Crippen LogP contribution >= 0.6 is 0 Å². The molecular formula is C31H40N6O2. The zero-order chi connectivity index (χ0) is 27.7. The van der Waals surface area contributed by atoms with E-state index in [9.17, 15) is 9.59 Å². The molecule has 2 aliphatic heterocycles. The van der Waals surface area contributed by atoms with Gasteiger partial charge < -0.3 is 20.9 Å². The number of carbonyl (C=O) groups is 2. The molecule has 0 radical (unpaired) electrons. The van der Waals surface area contributed by atoms with Crippen molar-refractivity contribution in [1.29, 1.82) is 0 Å². The number of hydrogen-bond donors (Lipinski definition) is 2. The highest BCUT2D eigenvalue weighted by Gasteiger charge is 2.34. The van der Waals surface area contributed by atoms with Crippen LogP contribution in [0, 0.1) is 12.8 Å². The number of aromatic nitrogens is 2. The fourth-order valence-electron chi connectivity index (χ4n) is 6.12. The number of amides is 2. The first-order valence-corrected chi connectivity index (χ1v) is 14.2.